The molecular weight excluding hydrogens is 257 g/mol. The molecule has 0 aromatic heterocycles. The van der Waals surface area contributed by atoms with Crippen LogP contribution in [0.25, 0.3) is 0 Å². The number of cyclic esters (lactones) is 1. The van der Waals surface area contributed by atoms with Crippen molar-refractivity contribution in [3.63, 3.8) is 0 Å². The Hall–Kier alpha value is -0.166. The molecule has 7 heteroatoms. The van der Waals surface area contributed by atoms with Gasteiger partial charge in [0.1, 0.15) is 6.10 Å². The molecule has 4 N–H and O–H groups in total. The molecule has 2 unspecified atom stereocenters. The topological polar surface area (TPSA) is 107 Å². The summed E-state index contributed by atoms with van der Waals surface area (Å²) in [6.45, 7) is -0.671. The molecule has 1 heterocycles. The Balaban J connectivity index is 0.00000144. The van der Waals surface area contributed by atoms with Crippen LogP contribution in [0.1, 0.15) is 0 Å². The van der Waals surface area contributed by atoms with Gasteiger partial charge >= 0.3 is 5.97 Å². The van der Waals surface area contributed by atoms with Gasteiger partial charge in [0.05, 0.1) is 6.61 Å². The maximum Gasteiger partial charge on any atom is 0.377 e. The zero-order valence-corrected chi connectivity index (χ0v) is 9.38. The molecule has 0 spiro atoms. The summed E-state index contributed by atoms with van der Waals surface area (Å²) in [5.41, 5.74) is 0. The van der Waals surface area contributed by atoms with Crippen LogP contribution in [0.3, 0.4) is 0 Å². The van der Waals surface area contributed by atoms with E-state index in [1.165, 1.54) is 0 Å². The van der Waals surface area contributed by atoms with Crippen LogP contribution < -0.4 is 0 Å². The summed E-state index contributed by atoms with van der Waals surface area (Å²) in [4.78, 5) is 10.5. The zero-order valence-electron chi connectivity index (χ0n) is 6.54. The van der Waals surface area contributed by atoms with Crippen LogP contribution in [0.15, 0.2) is 11.5 Å². The molecule has 0 aromatic carbocycles. The third-order valence-corrected chi connectivity index (χ3v) is 1.48. The number of hydrogen-bond acceptors (Lipinski definition) is 6. The van der Waals surface area contributed by atoms with E-state index in [0.29, 0.717) is 0 Å². The van der Waals surface area contributed by atoms with Crippen LogP contribution in [-0.4, -0.2) is 45.2 Å². The second-order valence-electron chi connectivity index (χ2n) is 2.31. The minimum Gasteiger partial charge on any atom is -0.505 e. The Morgan fingerprint density at radius 1 is 1.46 bits per heavy atom. The van der Waals surface area contributed by atoms with E-state index in [4.69, 9.17) is 20.4 Å². The first-order valence-corrected chi connectivity index (χ1v) is 3.20. The molecular formula is C6H8O6Y. The van der Waals surface area contributed by atoms with Crippen LogP contribution in [0.2, 0.25) is 0 Å². The summed E-state index contributed by atoms with van der Waals surface area (Å²) in [6, 6.07) is 0. The first-order chi connectivity index (χ1) is 5.57. The molecule has 6 nitrogen and oxygen atoms in total. The Kier molecular flexibility index (Phi) is 4.84. The van der Waals surface area contributed by atoms with Crippen molar-refractivity contribution in [2.45, 2.75) is 12.2 Å². The average Bonchev–Trinajstić information content (AvgIpc) is 2.32. The number of ether oxygens (including phenoxy) is 1. The van der Waals surface area contributed by atoms with E-state index in [2.05, 4.69) is 4.74 Å². The fourth-order valence-electron chi connectivity index (χ4n) is 0.823. The van der Waals surface area contributed by atoms with E-state index < -0.39 is 36.3 Å². The molecule has 1 rings (SSSR count). The predicted molar refractivity (Wildman–Crippen MR) is 35.3 cm³/mol. The van der Waals surface area contributed by atoms with Crippen molar-refractivity contribution in [3.8, 4) is 0 Å². The quantitative estimate of drug-likeness (QED) is 0.457. The van der Waals surface area contributed by atoms with Crippen LogP contribution in [0, 0.1) is 0 Å². The van der Waals surface area contributed by atoms with Crippen LogP contribution in [0.4, 0.5) is 0 Å². The number of rotatable bonds is 2. The molecule has 0 aromatic rings. The first kappa shape index (κ1) is 12.8. The van der Waals surface area contributed by atoms with E-state index >= 15 is 0 Å². The van der Waals surface area contributed by atoms with Gasteiger partial charge in [0, 0.05) is 32.7 Å². The monoisotopic (exact) mass is 265 g/mol. The van der Waals surface area contributed by atoms with Crippen LogP contribution >= 0.6 is 0 Å². The van der Waals surface area contributed by atoms with Gasteiger partial charge in [-0.2, -0.15) is 0 Å². The molecule has 0 fully saturated rings. The van der Waals surface area contributed by atoms with Gasteiger partial charge in [0.2, 0.25) is 5.76 Å². The standard InChI is InChI=1S/C6H8O6.Y/c7-1-2(8)5-3(9)4(10)6(11)12-5;/h2,5,7-10H,1H2;. The summed E-state index contributed by atoms with van der Waals surface area (Å²) < 4.78 is 4.32. The van der Waals surface area contributed by atoms with Crippen molar-refractivity contribution in [3.05, 3.63) is 11.5 Å². The van der Waals surface area contributed by atoms with Crippen molar-refractivity contribution in [2.75, 3.05) is 6.61 Å². The molecule has 1 aliphatic heterocycles. The summed E-state index contributed by atoms with van der Waals surface area (Å²) in [7, 11) is 0. The normalized spacial score (nSPS) is 23.8. The third kappa shape index (κ3) is 2.40. The first-order valence-electron chi connectivity index (χ1n) is 3.20. The van der Waals surface area contributed by atoms with E-state index in [1.54, 1.807) is 0 Å². The SMILES string of the molecule is O=C1OC(C(O)CO)C(O)=C1O.[Y]. The van der Waals surface area contributed by atoms with Gasteiger partial charge < -0.3 is 25.2 Å². The maximum absolute atomic E-state index is 10.5. The minimum absolute atomic E-state index is 0. The average molecular weight is 265 g/mol. The van der Waals surface area contributed by atoms with Crippen molar-refractivity contribution < 1.29 is 62.7 Å². The van der Waals surface area contributed by atoms with Gasteiger partial charge in [-0.3, -0.25) is 0 Å². The van der Waals surface area contributed by atoms with Crippen molar-refractivity contribution in [1.29, 1.82) is 0 Å². The Bertz CT molecular complexity index is 237. The van der Waals surface area contributed by atoms with Gasteiger partial charge in [-0.25, -0.2) is 4.79 Å². The number of carbonyl (C=O) groups excluding carboxylic acids is 1. The van der Waals surface area contributed by atoms with E-state index in [-0.39, 0.29) is 32.7 Å². The second kappa shape index (κ2) is 4.90. The van der Waals surface area contributed by atoms with Gasteiger partial charge in [-0.15, -0.1) is 0 Å². The van der Waals surface area contributed by atoms with Crippen molar-refractivity contribution in [2.24, 2.45) is 0 Å². The number of aliphatic hydroxyl groups is 4. The van der Waals surface area contributed by atoms with Gasteiger partial charge in [0.25, 0.3) is 0 Å². The van der Waals surface area contributed by atoms with E-state index in [0.717, 1.165) is 0 Å². The predicted octanol–water partition coefficient (Wildman–Crippen LogP) is -1.41. The summed E-state index contributed by atoms with van der Waals surface area (Å²) in [5.74, 6) is -2.78. The minimum atomic E-state index is -1.42. The molecule has 1 radical (unpaired) electrons. The Morgan fingerprint density at radius 3 is 2.31 bits per heavy atom. The summed E-state index contributed by atoms with van der Waals surface area (Å²) >= 11 is 0. The van der Waals surface area contributed by atoms with Crippen molar-refractivity contribution >= 4 is 5.97 Å². The molecule has 0 saturated heterocycles. The Morgan fingerprint density at radius 2 is 2.00 bits per heavy atom. The summed E-state index contributed by atoms with van der Waals surface area (Å²) in [6.07, 6.45) is -2.78. The smallest absolute Gasteiger partial charge is 0.377 e. The fraction of sp³-hybridized carbons (Fsp3) is 0.500. The molecule has 0 bridgehead atoms. The number of hydrogen-bond donors (Lipinski definition) is 4. The van der Waals surface area contributed by atoms with Gasteiger partial charge in [0.15, 0.2) is 11.9 Å². The van der Waals surface area contributed by atoms with Gasteiger partial charge in [-0.1, -0.05) is 0 Å². The number of esters is 1. The molecule has 1 aliphatic rings. The molecule has 13 heavy (non-hydrogen) atoms. The second-order valence-corrected chi connectivity index (χ2v) is 2.31. The van der Waals surface area contributed by atoms with E-state index in [9.17, 15) is 4.79 Å². The molecule has 0 saturated carbocycles. The molecule has 71 valence electrons. The molecule has 0 amide bonds. The van der Waals surface area contributed by atoms with E-state index in [1.807, 2.05) is 0 Å². The maximum atomic E-state index is 10.5. The van der Waals surface area contributed by atoms with Crippen molar-refractivity contribution in [1.82, 2.24) is 0 Å². The number of carbonyl (C=O) groups is 1. The largest absolute Gasteiger partial charge is 0.505 e. The molecule has 2 atom stereocenters. The van der Waals surface area contributed by atoms with Crippen LogP contribution in [-0.2, 0) is 42.2 Å². The summed E-state index contributed by atoms with van der Waals surface area (Å²) in [5, 5.41) is 35.0. The third-order valence-electron chi connectivity index (χ3n) is 1.48. The Labute approximate surface area is 98.7 Å². The van der Waals surface area contributed by atoms with Crippen LogP contribution in [0.5, 0.6) is 0 Å². The number of aliphatic hydroxyl groups excluding tert-OH is 4. The van der Waals surface area contributed by atoms with Gasteiger partial charge in [-0.05, 0) is 0 Å². The molecule has 0 aliphatic carbocycles. The fourth-order valence-corrected chi connectivity index (χ4v) is 0.823. The zero-order chi connectivity index (χ0) is 9.30.